The van der Waals surface area contributed by atoms with Gasteiger partial charge in [-0.1, -0.05) is 18.7 Å². The van der Waals surface area contributed by atoms with Gasteiger partial charge in [-0.3, -0.25) is 5.32 Å². The SMILES string of the molecule is CCNC(C)(C#N)CSc1ncns1. The molecule has 0 aliphatic carbocycles. The van der Waals surface area contributed by atoms with E-state index in [-0.39, 0.29) is 0 Å². The van der Waals surface area contributed by atoms with E-state index >= 15 is 0 Å². The number of nitrogens with one attached hydrogen (secondary N) is 1. The summed E-state index contributed by atoms with van der Waals surface area (Å²) in [6.07, 6.45) is 1.53. The summed E-state index contributed by atoms with van der Waals surface area (Å²) < 4.78 is 4.81. The van der Waals surface area contributed by atoms with Crippen LogP contribution in [0.15, 0.2) is 10.7 Å². The van der Waals surface area contributed by atoms with Crippen molar-refractivity contribution < 1.29 is 0 Å². The van der Waals surface area contributed by atoms with Crippen LogP contribution in [0.1, 0.15) is 13.8 Å². The molecule has 4 nitrogen and oxygen atoms in total. The van der Waals surface area contributed by atoms with Crippen LogP contribution in [0.25, 0.3) is 0 Å². The second-order valence-corrected chi connectivity index (χ2v) is 4.97. The molecule has 0 radical (unpaired) electrons. The number of aromatic nitrogens is 2. The monoisotopic (exact) mass is 228 g/mol. The van der Waals surface area contributed by atoms with Crippen molar-refractivity contribution in [3.8, 4) is 6.07 Å². The lowest BCUT2D eigenvalue weighted by molar-refractivity contribution is 0.511. The topological polar surface area (TPSA) is 61.6 Å². The number of hydrogen-bond acceptors (Lipinski definition) is 6. The third-order valence-electron chi connectivity index (χ3n) is 1.64. The van der Waals surface area contributed by atoms with Gasteiger partial charge in [0.2, 0.25) is 0 Å². The van der Waals surface area contributed by atoms with Gasteiger partial charge in [0.05, 0.1) is 6.07 Å². The molecular formula is C8H12N4S2. The molecule has 1 unspecified atom stereocenters. The van der Waals surface area contributed by atoms with Crippen LogP contribution in [0.5, 0.6) is 0 Å². The molecule has 0 amide bonds. The Labute approximate surface area is 91.9 Å². The van der Waals surface area contributed by atoms with E-state index in [2.05, 4.69) is 20.7 Å². The van der Waals surface area contributed by atoms with Crippen LogP contribution in [0.2, 0.25) is 0 Å². The molecule has 14 heavy (non-hydrogen) atoms. The zero-order valence-corrected chi connectivity index (χ0v) is 9.78. The number of nitrogens with zero attached hydrogens (tertiary/aromatic N) is 3. The van der Waals surface area contributed by atoms with Crippen LogP contribution in [0, 0.1) is 11.3 Å². The van der Waals surface area contributed by atoms with Gasteiger partial charge in [0.15, 0.2) is 4.34 Å². The van der Waals surface area contributed by atoms with Crippen molar-refractivity contribution in [1.29, 1.82) is 5.26 Å². The lowest BCUT2D eigenvalue weighted by atomic mass is 10.1. The molecule has 0 aliphatic rings. The maximum atomic E-state index is 8.99. The Bertz CT molecular complexity index is 306. The Balaban J connectivity index is 2.46. The van der Waals surface area contributed by atoms with Crippen LogP contribution in [0.4, 0.5) is 0 Å². The van der Waals surface area contributed by atoms with Gasteiger partial charge in [0.25, 0.3) is 0 Å². The van der Waals surface area contributed by atoms with E-state index in [0.29, 0.717) is 5.75 Å². The highest BCUT2D eigenvalue weighted by molar-refractivity contribution is 8.01. The Kier molecular flexibility index (Phi) is 4.32. The quantitative estimate of drug-likeness (QED) is 0.774. The third-order valence-corrected chi connectivity index (χ3v) is 3.75. The lowest BCUT2D eigenvalue weighted by Crippen LogP contribution is -2.43. The molecule has 0 bridgehead atoms. The van der Waals surface area contributed by atoms with Gasteiger partial charge in [0.1, 0.15) is 11.9 Å². The fraction of sp³-hybridized carbons (Fsp3) is 0.625. The molecule has 1 rings (SSSR count). The number of nitriles is 1. The van der Waals surface area contributed by atoms with E-state index in [1.165, 1.54) is 17.9 Å². The molecule has 1 N–H and O–H groups in total. The molecule has 0 aliphatic heterocycles. The minimum Gasteiger partial charge on any atom is -0.299 e. The van der Waals surface area contributed by atoms with Gasteiger partial charge in [-0.05, 0) is 25.0 Å². The second kappa shape index (κ2) is 5.29. The summed E-state index contributed by atoms with van der Waals surface area (Å²) in [6, 6.07) is 2.27. The second-order valence-electron chi connectivity index (χ2n) is 2.97. The first kappa shape index (κ1) is 11.4. The zero-order valence-electron chi connectivity index (χ0n) is 8.15. The Morgan fingerprint density at radius 2 is 2.57 bits per heavy atom. The van der Waals surface area contributed by atoms with Crippen molar-refractivity contribution in [1.82, 2.24) is 14.7 Å². The van der Waals surface area contributed by atoms with Gasteiger partial charge < -0.3 is 0 Å². The summed E-state index contributed by atoms with van der Waals surface area (Å²) in [6.45, 7) is 4.68. The summed E-state index contributed by atoms with van der Waals surface area (Å²) in [7, 11) is 0. The van der Waals surface area contributed by atoms with Crippen molar-refractivity contribution in [2.45, 2.75) is 23.7 Å². The standard InChI is InChI=1S/C8H12N4S2/c1-3-11-8(2,4-9)5-13-7-10-6-12-14-7/h6,11H,3,5H2,1-2H3. The highest BCUT2D eigenvalue weighted by atomic mass is 32.2. The molecule has 0 aromatic carbocycles. The average Bonchev–Trinajstić information content (AvgIpc) is 2.68. The molecule has 0 saturated carbocycles. The van der Waals surface area contributed by atoms with E-state index in [4.69, 9.17) is 5.26 Å². The Hall–Kier alpha value is -0.640. The fourth-order valence-corrected chi connectivity index (χ4v) is 2.44. The van der Waals surface area contributed by atoms with E-state index in [1.807, 2.05) is 13.8 Å². The number of hydrogen-bond donors (Lipinski definition) is 1. The van der Waals surface area contributed by atoms with Crippen molar-refractivity contribution >= 4 is 23.3 Å². The smallest absolute Gasteiger partial charge is 0.169 e. The van der Waals surface area contributed by atoms with Crippen LogP contribution < -0.4 is 5.32 Å². The molecule has 1 aromatic rings. The van der Waals surface area contributed by atoms with Gasteiger partial charge in [-0.15, -0.1) is 0 Å². The number of thioether (sulfide) groups is 1. The number of rotatable bonds is 5. The Morgan fingerprint density at radius 3 is 3.07 bits per heavy atom. The zero-order chi connectivity index (χ0) is 10.4. The molecule has 0 saturated heterocycles. The van der Waals surface area contributed by atoms with Crippen molar-refractivity contribution in [2.75, 3.05) is 12.3 Å². The summed E-state index contributed by atoms with van der Waals surface area (Å²) in [5, 5.41) is 12.1. The van der Waals surface area contributed by atoms with Crippen LogP contribution >= 0.6 is 23.3 Å². The largest absolute Gasteiger partial charge is 0.299 e. The minimum absolute atomic E-state index is 0.481. The maximum absolute atomic E-state index is 8.99. The highest BCUT2D eigenvalue weighted by Gasteiger charge is 2.22. The van der Waals surface area contributed by atoms with Gasteiger partial charge in [-0.2, -0.15) is 9.64 Å². The van der Waals surface area contributed by atoms with E-state index in [0.717, 1.165) is 10.9 Å². The van der Waals surface area contributed by atoms with Crippen LogP contribution in [-0.2, 0) is 0 Å². The van der Waals surface area contributed by atoms with E-state index < -0.39 is 5.54 Å². The van der Waals surface area contributed by atoms with Gasteiger partial charge in [0, 0.05) is 5.75 Å². The molecular weight excluding hydrogens is 216 g/mol. The molecule has 1 aromatic heterocycles. The molecule has 0 fully saturated rings. The molecule has 76 valence electrons. The van der Waals surface area contributed by atoms with E-state index in [1.54, 1.807) is 11.8 Å². The third kappa shape index (κ3) is 3.25. The molecule has 0 spiro atoms. The predicted octanol–water partition coefficient (Wildman–Crippen LogP) is 1.52. The minimum atomic E-state index is -0.481. The first-order valence-corrected chi connectivity index (χ1v) is 6.02. The van der Waals surface area contributed by atoms with E-state index in [9.17, 15) is 0 Å². The molecule has 1 atom stereocenters. The molecule has 6 heteroatoms. The van der Waals surface area contributed by atoms with Crippen molar-refractivity contribution in [3.63, 3.8) is 0 Å². The maximum Gasteiger partial charge on any atom is 0.169 e. The lowest BCUT2D eigenvalue weighted by Gasteiger charge is -2.20. The van der Waals surface area contributed by atoms with Gasteiger partial charge in [-0.25, -0.2) is 4.98 Å². The van der Waals surface area contributed by atoms with Crippen molar-refractivity contribution in [3.05, 3.63) is 6.33 Å². The normalized spacial score (nSPS) is 14.6. The van der Waals surface area contributed by atoms with Gasteiger partial charge >= 0.3 is 0 Å². The van der Waals surface area contributed by atoms with Crippen LogP contribution in [0.3, 0.4) is 0 Å². The first-order chi connectivity index (χ1) is 6.70. The Morgan fingerprint density at radius 1 is 1.79 bits per heavy atom. The summed E-state index contributed by atoms with van der Waals surface area (Å²) in [5.41, 5.74) is -0.481. The van der Waals surface area contributed by atoms with Crippen molar-refractivity contribution in [2.24, 2.45) is 0 Å². The first-order valence-electron chi connectivity index (χ1n) is 4.26. The summed E-state index contributed by atoms with van der Waals surface area (Å²) >= 11 is 2.92. The summed E-state index contributed by atoms with van der Waals surface area (Å²) in [5.74, 6) is 0.687. The highest BCUT2D eigenvalue weighted by Crippen LogP contribution is 2.22. The molecule has 1 heterocycles. The average molecular weight is 228 g/mol. The summed E-state index contributed by atoms with van der Waals surface area (Å²) in [4.78, 5) is 4.05. The van der Waals surface area contributed by atoms with Crippen LogP contribution in [-0.4, -0.2) is 27.2 Å². The predicted molar refractivity (Wildman–Crippen MR) is 58.3 cm³/mol. The fourth-order valence-electron chi connectivity index (χ4n) is 0.946.